The van der Waals surface area contributed by atoms with Crippen LogP contribution in [0.5, 0.6) is 5.75 Å². The summed E-state index contributed by atoms with van der Waals surface area (Å²) in [5.41, 5.74) is 1.17. The first-order valence-corrected chi connectivity index (χ1v) is 9.55. The molecular weight excluding hydrogens is 314 g/mol. The summed E-state index contributed by atoms with van der Waals surface area (Å²) in [6.45, 7) is 8.93. The fraction of sp³-hybridized carbons (Fsp3) is 0.650. The van der Waals surface area contributed by atoms with Gasteiger partial charge in [0.1, 0.15) is 5.75 Å². The van der Waals surface area contributed by atoms with Gasteiger partial charge in [0.25, 0.3) is 0 Å². The third-order valence-corrected chi connectivity index (χ3v) is 5.43. The van der Waals surface area contributed by atoms with Crippen LogP contribution < -0.4 is 9.64 Å². The van der Waals surface area contributed by atoms with Crippen molar-refractivity contribution in [2.24, 2.45) is 5.92 Å². The summed E-state index contributed by atoms with van der Waals surface area (Å²) in [7, 11) is 1.69. The van der Waals surface area contributed by atoms with Crippen molar-refractivity contribution < 1.29 is 9.53 Å². The van der Waals surface area contributed by atoms with E-state index in [2.05, 4.69) is 28.9 Å². The van der Waals surface area contributed by atoms with E-state index in [0.717, 1.165) is 57.5 Å². The number of carbonyl (C=O) groups excluding carboxylic acids is 1. The van der Waals surface area contributed by atoms with Crippen LogP contribution >= 0.6 is 0 Å². The zero-order chi connectivity index (χ0) is 17.6. The highest BCUT2D eigenvalue weighted by atomic mass is 16.5. The summed E-state index contributed by atoms with van der Waals surface area (Å²) in [6, 6.07) is 8.16. The van der Waals surface area contributed by atoms with Gasteiger partial charge in [-0.2, -0.15) is 0 Å². The number of ether oxygens (including phenoxy) is 1. The lowest BCUT2D eigenvalue weighted by molar-refractivity contribution is -0.131. The molecule has 1 aromatic rings. The van der Waals surface area contributed by atoms with Crippen molar-refractivity contribution in [2.45, 2.75) is 26.2 Å². The van der Waals surface area contributed by atoms with Crippen LogP contribution in [0.15, 0.2) is 24.3 Å². The Kier molecular flexibility index (Phi) is 6.19. The van der Waals surface area contributed by atoms with Crippen molar-refractivity contribution in [1.29, 1.82) is 0 Å². The van der Waals surface area contributed by atoms with Crippen LogP contribution in [0.3, 0.4) is 0 Å². The van der Waals surface area contributed by atoms with Gasteiger partial charge in [0.2, 0.25) is 5.91 Å². The molecule has 0 N–H and O–H groups in total. The lowest BCUT2D eigenvalue weighted by atomic mass is 10.0. The monoisotopic (exact) mass is 345 g/mol. The molecule has 25 heavy (non-hydrogen) atoms. The van der Waals surface area contributed by atoms with Crippen molar-refractivity contribution >= 4 is 11.6 Å². The van der Waals surface area contributed by atoms with Crippen molar-refractivity contribution in [2.75, 3.05) is 57.8 Å². The van der Waals surface area contributed by atoms with Gasteiger partial charge in [0, 0.05) is 57.4 Å². The standard InChI is InChI=1S/C20H31N3O2/c1-17-5-4-9-21(16-17)10-8-20(24)23-13-11-22(12-14-23)18-6-3-7-19(15-18)25-2/h3,6-7,15,17H,4-5,8-14,16H2,1-2H3. The summed E-state index contributed by atoms with van der Waals surface area (Å²) in [4.78, 5) is 19.3. The van der Waals surface area contributed by atoms with Crippen molar-refractivity contribution in [3.63, 3.8) is 0 Å². The maximum Gasteiger partial charge on any atom is 0.223 e. The number of methoxy groups -OCH3 is 1. The summed E-state index contributed by atoms with van der Waals surface area (Å²) in [5.74, 6) is 1.96. The number of hydrogen-bond donors (Lipinski definition) is 0. The molecule has 1 amide bonds. The molecule has 138 valence electrons. The number of nitrogens with zero attached hydrogens (tertiary/aromatic N) is 3. The van der Waals surface area contributed by atoms with Gasteiger partial charge in [-0.3, -0.25) is 4.79 Å². The summed E-state index contributed by atoms with van der Waals surface area (Å²) >= 11 is 0. The van der Waals surface area contributed by atoms with E-state index in [1.54, 1.807) is 7.11 Å². The molecule has 2 aliphatic rings. The number of hydrogen-bond acceptors (Lipinski definition) is 4. The van der Waals surface area contributed by atoms with Gasteiger partial charge in [-0.1, -0.05) is 13.0 Å². The van der Waals surface area contributed by atoms with Gasteiger partial charge < -0.3 is 19.4 Å². The van der Waals surface area contributed by atoms with E-state index in [9.17, 15) is 4.79 Å². The molecule has 0 spiro atoms. The lowest BCUT2D eigenvalue weighted by Gasteiger charge is -2.37. The molecule has 1 unspecified atom stereocenters. The maximum atomic E-state index is 12.5. The number of piperazine rings is 1. The molecule has 2 heterocycles. The Balaban J connectivity index is 1.44. The first-order chi connectivity index (χ1) is 12.2. The number of rotatable bonds is 5. The molecule has 1 aromatic carbocycles. The second-order valence-electron chi connectivity index (χ2n) is 7.37. The van der Waals surface area contributed by atoms with Crippen LogP contribution in [-0.4, -0.2) is 68.6 Å². The second-order valence-corrected chi connectivity index (χ2v) is 7.37. The Bertz CT molecular complexity index is 570. The molecule has 0 aliphatic carbocycles. The minimum atomic E-state index is 0.309. The zero-order valence-corrected chi connectivity index (χ0v) is 15.6. The zero-order valence-electron chi connectivity index (χ0n) is 15.6. The Hall–Kier alpha value is -1.75. The Morgan fingerprint density at radius 3 is 2.72 bits per heavy atom. The molecule has 0 radical (unpaired) electrons. The van der Waals surface area contributed by atoms with Crippen LogP contribution in [0, 0.1) is 5.92 Å². The van der Waals surface area contributed by atoms with Gasteiger partial charge in [-0.05, 0) is 37.4 Å². The highest BCUT2D eigenvalue weighted by molar-refractivity contribution is 5.76. The topological polar surface area (TPSA) is 36.0 Å². The average molecular weight is 345 g/mol. The predicted molar refractivity (Wildman–Crippen MR) is 101 cm³/mol. The average Bonchev–Trinajstić information content (AvgIpc) is 2.66. The van der Waals surface area contributed by atoms with E-state index >= 15 is 0 Å². The van der Waals surface area contributed by atoms with Crippen LogP contribution in [0.1, 0.15) is 26.2 Å². The number of amides is 1. The Morgan fingerprint density at radius 1 is 1.20 bits per heavy atom. The molecule has 2 saturated heterocycles. The maximum absolute atomic E-state index is 12.5. The quantitative estimate of drug-likeness (QED) is 0.821. The van der Waals surface area contributed by atoms with Gasteiger partial charge in [0.15, 0.2) is 0 Å². The highest BCUT2D eigenvalue weighted by Gasteiger charge is 2.23. The summed E-state index contributed by atoms with van der Waals surface area (Å²) in [6.07, 6.45) is 3.26. The van der Waals surface area contributed by atoms with Gasteiger partial charge in [0.05, 0.1) is 7.11 Å². The smallest absolute Gasteiger partial charge is 0.223 e. The molecule has 0 bridgehead atoms. The molecule has 1 atom stereocenters. The number of benzene rings is 1. The Labute approximate surface area is 151 Å². The molecule has 2 aliphatic heterocycles. The predicted octanol–water partition coefficient (Wildman–Crippen LogP) is 2.47. The largest absolute Gasteiger partial charge is 0.497 e. The number of piperidine rings is 1. The summed E-state index contributed by atoms with van der Waals surface area (Å²) in [5, 5.41) is 0. The van der Waals surface area contributed by atoms with E-state index in [1.165, 1.54) is 18.5 Å². The normalized spacial score (nSPS) is 22.1. The van der Waals surface area contributed by atoms with Crippen molar-refractivity contribution in [1.82, 2.24) is 9.80 Å². The van der Waals surface area contributed by atoms with E-state index in [-0.39, 0.29) is 0 Å². The first kappa shape index (κ1) is 18.1. The van der Waals surface area contributed by atoms with Crippen molar-refractivity contribution in [3.8, 4) is 5.75 Å². The Morgan fingerprint density at radius 2 is 2.00 bits per heavy atom. The van der Waals surface area contributed by atoms with E-state index in [4.69, 9.17) is 4.74 Å². The van der Waals surface area contributed by atoms with Crippen LogP contribution in [0.4, 0.5) is 5.69 Å². The molecule has 0 saturated carbocycles. The van der Waals surface area contributed by atoms with Gasteiger partial charge >= 0.3 is 0 Å². The SMILES string of the molecule is COc1cccc(N2CCN(C(=O)CCN3CCCC(C)C3)CC2)c1. The number of likely N-dealkylation sites (tertiary alicyclic amines) is 1. The fourth-order valence-electron chi connectivity index (χ4n) is 3.92. The molecule has 5 heteroatoms. The molecule has 2 fully saturated rings. The van der Waals surface area contributed by atoms with Gasteiger partial charge in [-0.15, -0.1) is 0 Å². The molecular formula is C20H31N3O2. The molecule has 0 aromatic heterocycles. The fourth-order valence-corrected chi connectivity index (χ4v) is 3.92. The molecule has 5 nitrogen and oxygen atoms in total. The minimum absolute atomic E-state index is 0.309. The third-order valence-electron chi connectivity index (χ3n) is 5.43. The number of anilines is 1. The number of carbonyl (C=O) groups is 1. The van der Waals surface area contributed by atoms with Crippen LogP contribution in [-0.2, 0) is 4.79 Å². The van der Waals surface area contributed by atoms with Gasteiger partial charge in [-0.25, -0.2) is 0 Å². The third kappa shape index (κ3) is 4.88. The first-order valence-electron chi connectivity index (χ1n) is 9.55. The van der Waals surface area contributed by atoms with Crippen LogP contribution in [0.2, 0.25) is 0 Å². The molecule has 3 rings (SSSR count). The highest BCUT2D eigenvalue weighted by Crippen LogP contribution is 2.22. The van der Waals surface area contributed by atoms with Crippen LogP contribution in [0.25, 0.3) is 0 Å². The van der Waals surface area contributed by atoms with E-state index in [0.29, 0.717) is 12.3 Å². The van der Waals surface area contributed by atoms with E-state index < -0.39 is 0 Å². The second kappa shape index (κ2) is 8.56. The van der Waals surface area contributed by atoms with E-state index in [1.807, 2.05) is 17.0 Å². The van der Waals surface area contributed by atoms with Crippen molar-refractivity contribution in [3.05, 3.63) is 24.3 Å². The minimum Gasteiger partial charge on any atom is -0.497 e. The lowest BCUT2D eigenvalue weighted by Crippen LogP contribution is -2.49. The summed E-state index contributed by atoms with van der Waals surface area (Å²) < 4.78 is 5.31.